The number of aryl methyl sites for hydroxylation is 2. The van der Waals surface area contributed by atoms with Crippen molar-refractivity contribution in [1.82, 2.24) is 14.9 Å². The molecule has 8 heteroatoms. The lowest BCUT2D eigenvalue weighted by atomic mass is 10.1. The van der Waals surface area contributed by atoms with Crippen molar-refractivity contribution < 1.29 is 9.59 Å². The lowest BCUT2D eigenvalue weighted by Crippen LogP contribution is -2.31. The first-order valence-corrected chi connectivity index (χ1v) is 11.1. The normalized spacial score (nSPS) is 12.7. The molecule has 0 unspecified atom stereocenters. The molecule has 1 aliphatic heterocycles. The summed E-state index contributed by atoms with van der Waals surface area (Å²) in [5.74, 6) is 0.966. The number of aromatic nitrogens is 2. The zero-order valence-electron chi connectivity index (χ0n) is 17.0. The first-order chi connectivity index (χ1) is 15.1. The van der Waals surface area contributed by atoms with Gasteiger partial charge in [-0.25, -0.2) is 9.78 Å². The average Bonchev–Trinajstić information content (AvgIpc) is 3.20. The molecule has 3 amide bonds. The minimum absolute atomic E-state index is 0.162. The van der Waals surface area contributed by atoms with E-state index < -0.39 is 0 Å². The summed E-state index contributed by atoms with van der Waals surface area (Å²) in [6.45, 7) is 1.25. The van der Waals surface area contributed by atoms with Gasteiger partial charge in [0.05, 0.1) is 5.69 Å². The van der Waals surface area contributed by atoms with E-state index in [1.807, 2.05) is 36.4 Å². The SMILES string of the molecule is O=C(CCNC(=O)Nc1ccc(Br)cc1)Nc1cccc(-c2cn3c(n2)CCCC3)c1. The van der Waals surface area contributed by atoms with Crippen molar-refractivity contribution >= 4 is 39.2 Å². The third kappa shape index (κ3) is 5.73. The van der Waals surface area contributed by atoms with E-state index in [-0.39, 0.29) is 24.9 Å². The molecule has 3 aromatic rings. The third-order valence-electron chi connectivity index (χ3n) is 5.09. The van der Waals surface area contributed by atoms with Crippen LogP contribution in [0.3, 0.4) is 0 Å². The monoisotopic (exact) mass is 481 g/mol. The minimum atomic E-state index is -0.346. The molecular weight excluding hydrogens is 458 g/mol. The van der Waals surface area contributed by atoms with Crippen LogP contribution in [0.15, 0.2) is 59.2 Å². The summed E-state index contributed by atoms with van der Waals surface area (Å²) in [4.78, 5) is 29.0. The van der Waals surface area contributed by atoms with Crippen LogP contribution >= 0.6 is 15.9 Å². The standard InChI is InChI=1S/C23H24BrN5O2/c24-17-7-9-18(10-8-17)27-23(31)25-12-11-22(30)26-19-5-3-4-16(14-19)20-15-29-13-2-1-6-21(29)28-20/h3-5,7-10,14-15H,1-2,6,11-13H2,(H,26,30)(H2,25,27,31). The number of carbonyl (C=O) groups is 2. The van der Waals surface area contributed by atoms with Gasteiger partial charge in [0.15, 0.2) is 0 Å². The predicted octanol–water partition coefficient (Wildman–Crippen LogP) is 4.80. The molecule has 2 aromatic carbocycles. The number of carbonyl (C=O) groups excluding carboxylic acids is 2. The maximum atomic E-state index is 12.3. The Hall–Kier alpha value is -3.13. The Kier molecular flexibility index (Phi) is 6.66. The van der Waals surface area contributed by atoms with Gasteiger partial charge in [0.25, 0.3) is 0 Å². The molecule has 4 rings (SSSR count). The van der Waals surface area contributed by atoms with Gasteiger partial charge < -0.3 is 20.5 Å². The van der Waals surface area contributed by atoms with Crippen LogP contribution in [-0.4, -0.2) is 28.0 Å². The Morgan fingerprint density at radius 2 is 1.87 bits per heavy atom. The van der Waals surface area contributed by atoms with Crippen LogP contribution in [0.2, 0.25) is 0 Å². The van der Waals surface area contributed by atoms with Gasteiger partial charge in [-0.05, 0) is 49.2 Å². The van der Waals surface area contributed by atoms with Gasteiger partial charge in [0.2, 0.25) is 5.91 Å². The van der Waals surface area contributed by atoms with Gasteiger partial charge >= 0.3 is 6.03 Å². The maximum Gasteiger partial charge on any atom is 0.319 e. The highest BCUT2D eigenvalue weighted by molar-refractivity contribution is 9.10. The third-order valence-corrected chi connectivity index (χ3v) is 5.62. The molecule has 7 nitrogen and oxygen atoms in total. The summed E-state index contributed by atoms with van der Waals surface area (Å²) >= 11 is 3.35. The number of hydrogen-bond acceptors (Lipinski definition) is 3. The fourth-order valence-electron chi connectivity index (χ4n) is 3.53. The Bertz CT molecular complexity index is 1050. The van der Waals surface area contributed by atoms with Crippen molar-refractivity contribution in [3.63, 3.8) is 0 Å². The molecule has 1 aromatic heterocycles. The van der Waals surface area contributed by atoms with Crippen molar-refractivity contribution in [2.24, 2.45) is 0 Å². The van der Waals surface area contributed by atoms with Crippen LogP contribution in [0, 0.1) is 0 Å². The Morgan fingerprint density at radius 1 is 1.03 bits per heavy atom. The lowest BCUT2D eigenvalue weighted by molar-refractivity contribution is -0.116. The van der Waals surface area contributed by atoms with Gasteiger partial charge in [0, 0.05) is 53.5 Å². The number of benzene rings is 2. The first-order valence-electron chi connectivity index (χ1n) is 10.3. The van der Waals surface area contributed by atoms with Crippen molar-refractivity contribution in [2.45, 2.75) is 32.2 Å². The molecule has 0 radical (unpaired) electrons. The minimum Gasteiger partial charge on any atom is -0.337 e. The smallest absolute Gasteiger partial charge is 0.319 e. The number of nitrogens with one attached hydrogen (secondary N) is 3. The van der Waals surface area contributed by atoms with Gasteiger partial charge in [-0.2, -0.15) is 0 Å². The maximum absolute atomic E-state index is 12.3. The quantitative estimate of drug-likeness (QED) is 0.472. The van der Waals surface area contributed by atoms with E-state index in [1.165, 1.54) is 12.8 Å². The highest BCUT2D eigenvalue weighted by Crippen LogP contribution is 2.25. The largest absolute Gasteiger partial charge is 0.337 e. The molecule has 0 atom stereocenters. The Morgan fingerprint density at radius 3 is 2.68 bits per heavy atom. The number of nitrogens with zero attached hydrogens (tertiary/aromatic N) is 2. The van der Waals surface area contributed by atoms with Crippen molar-refractivity contribution in [2.75, 3.05) is 17.2 Å². The molecule has 0 spiro atoms. The summed E-state index contributed by atoms with van der Waals surface area (Å²) in [5, 5.41) is 8.31. The van der Waals surface area contributed by atoms with Crippen LogP contribution in [0.4, 0.5) is 16.2 Å². The molecule has 31 heavy (non-hydrogen) atoms. The van der Waals surface area contributed by atoms with Crippen LogP contribution < -0.4 is 16.0 Å². The number of anilines is 2. The van der Waals surface area contributed by atoms with E-state index in [4.69, 9.17) is 4.98 Å². The molecule has 0 saturated carbocycles. The Labute approximate surface area is 189 Å². The second kappa shape index (κ2) is 9.78. The number of imidazole rings is 1. The second-order valence-electron chi connectivity index (χ2n) is 7.46. The predicted molar refractivity (Wildman–Crippen MR) is 125 cm³/mol. The summed E-state index contributed by atoms with van der Waals surface area (Å²) in [5.41, 5.74) is 3.31. The van der Waals surface area contributed by atoms with E-state index in [0.717, 1.165) is 34.5 Å². The number of fused-ring (bicyclic) bond motifs is 1. The van der Waals surface area contributed by atoms with Crippen LogP contribution in [0.25, 0.3) is 11.3 Å². The lowest BCUT2D eigenvalue weighted by Gasteiger charge is -2.11. The van der Waals surface area contributed by atoms with E-state index in [9.17, 15) is 9.59 Å². The first kappa shape index (κ1) is 21.1. The van der Waals surface area contributed by atoms with Crippen LogP contribution in [0.1, 0.15) is 25.1 Å². The van der Waals surface area contributed by atoms with Crippen molar-refractivity contribution in [3.8, 4) is 11.3 Å². The zero-order valence-corrected chi connectivity index (χ0v) is 18.6. The summed E-state index contributed by atoms with van der Waals surface area (Å²) in [7, 11) is 0. The summed E-state index contributed by atoms with van der Waals surface area (Å²) in [6, 6.07) is 14.6. The van der Waals surface area contributed by atoms with Crippen molar-refractivity contribution in [3.05, 3.63) is 65.0 Å². The molecule has 0 bridgehead atoms. The van der Waals surface area contributed by atoms with E-state index in [2.05, 4.69) is 42.6 Å². The summed E-state index contributed by atoms with van der Waals surface area (Å²) < 4.78 is 3.15. The molecular formula is C23H24BrN5O2. The number of amides is 3. The van der Waals surface area contributed by atoms with Crippen LogP contribution in [0.5, 0.6) is 0 Å². The fourth-order valence-corrected chi connectivity index (χ4v) is 3.79. The topological polar surface area (TPSA) is 88.0 Å². The highest BCUT2D eigenvalue weighted by Gasteiger charge is 2.13. The van der Waals surface area contributed by atoms with E-state index in [1.54, 1.807) is 12.1 Å². The molecule has 0 saturated heterocycles. The molecule has 0 fully saturated rings. The second-order valence-corrected chi connectivity index (χ2v) is 8.38. The Balaban J connectivity index is 1.27. The van der Waals surface area contributed by atoms with Gasteiger partial charge in [-0.1, -0.05) is 28.1 Å². The number of urea groups is 1. The fraction of sp³-hybridized carbons (Fsp3) is 0.261. The van der Waals surface area contributed by atoms with Gasteiger partial charge in [-0.15, -0.1) is 0 Å². The van der Waals surface area contributed by atoms with Gasteiger partial charge in [-0.3, -0.25) is 4.79 Å². The molecule has 2 heterocycles. The average molecular weight is 482 g/mol. The van der Waals surface area contributed by atoms with Crippen LogP contribution in [-0.2, 0) is 17.8 Å². The zero-order chi connectivity index (χ0) is 21.6. The number of halogens is 1. The molecule has 160 valence electrons. The molecule has 1 aliphatic rings. The van der Waals surface area contributed by atoms with Gasteiger partial charge in [0.1, 0.15) is 5.82 Å². The number of hydrogen-bond donors (Lipinski definition) is 3. The summed E-state index contributed by atoms with van der Waals surface area (Å²) in [6.07, 6.45) is 5.65. The number of rotatable bonds is 6. The molecule has 0 aliphatic carbocycles. The van der Waals surface area contributed by atoms with E-state index >= 15 is 0 Å². The molecule has 3 N–H and O–H groups in total. The highest BCUT2D eigenvalue weighted by atomic mass is 79.9. The van der Waals surface area contributed by atoms with Crippen molar-refractivity contribution in [1.29, 1.82) is 0 Å². The van der Waals surface area contributed by atoms with E-state index in [0.29, 0.717) is 11.4 Å².